The summed E-state index contributed by atoms with van der Waals surface area (Å²) in [7, 11) is 5.71. The van der Waals surface area contributed by atoms with E-state index in [1.807, 2.05) is 18.8 Å². The van der Waals surface area contributed by atoms with Crippen LogP contribution in [-0.4, -0.2) is 49.0 Å². The lowest BCUT2D eigenvalue weighted by Crippen LogP contribution is -2.32. The van der Waals surface area contributed by atoms with Gasteiger partial charge in [0, 0.05) is 20.3 Å². The topological polar surface area (TPSA) is 68.3 Å². The van der Waals surface area contributed by atoms with Crippen LogP contribution in [0.1, 0.15) is 18.2 Å². The van der Waals surface area contributed by atoms with Gasteiger partial charge in [0.2, 0.25) is 0 Å². The van der Waals surface area contributed by atoms with Crippen molar-refractivity contribution >= 4 is 11.6 Å². The van der Waals surface area contributed by atoms with Gasteiger partial charge in [0.25, 0.3) is 0 Å². The molecule has 1 aromatic heterocycles. The summed E-state index contributed by atoms with van der Waals surface area (Å²) in [5.41, 5.74) is 3.68. The molecule has 0 saturated heterocycles. The van der Waals surface area contributed by atoms with Gasteiger partial charge in [-0.15, -0.1) is 0 Å². The molecule has 7 heteroatoms. The molecule has 0 fully saturated rings. The fourth-order valence-corrected chi connectivity index (χ4v) is 2.00. The van der Waals surface area contributed by atoms with Gasteiger partial charge in [0.15, 0.2) is 0 Å². The zero-order valence-corrected chi connectivity index (χ0v) is 11.9. The first-order valence-electron chi connectivity index (χ1n) is 5.91. The minimum atomic E-state index is -0.0536. The van der Waals surface area contributed by atoms with E-state index in [9.17, 15) is 0 Å². The van der Waals surface area contributed by atoms with E-state index in [0.717, 1.165) is 25.2 Å². The van der Waals surface area contributed by atoms with Crippen molar-refractivity contribution in [2.45, 2.75) is 19.0 Å². The standard InChI is InChI=1S/C11H22ClN5O/c1-16(2)5-6-17-11(9(12)8-14-17)10(15-13)4-7-18-3/h8,10,15H,4-7,13H2,1-3H3. The highest BCUT2D eigenvalue weighted by Crippen LogP contribution is 2.24. The zero-order valence-electron chi connectivity index (χ0n) is 11.2. The van der Waals surface area contributed by atoms with Gasteiger partial charge in [-0.2, -0.15) is 5.10 Å². The molecule has 1 aromatic rings. The van der Waals surface area contributed by atoms with Gasteiger partial charge in [0.05, 0.1) is 29.5 Å². The predicted molar refractivity (Wildman–Crippen MR) is 72.3 cm³/mol. The second-order valence-corrected chi connectivity index (χ2v) is 4.81. The highest BCUT2D eigenvalue weighted by molar-refractivity contribution is 6.31. The molecule has 1 atom stereocenters. The second kappa shape index (κ2) is 7.70. The van der Waals surface area contributed by atoms with E-state index < -0.39 is 0 Å². The Morgan fingerprint density at radius 3 is 2.89 bits per heavy atom. The lowest BCUT2D eigenvalue weighted by atomic mass is 10.1. The molecule has 0 saturated carbocycles. The third-order valence-corrected chi connectivity index (χ3v) is 3.03. The summed E-state index contributed by atoms with van der Waals surface area (Å²) >= 11 is 6.18. The van der Waals surface area contributed by atoms with Crippen LogP contribution in [0.3, 0.4) is 0 Å². The molecule has 0 radical (unpaired) electrons. The Balaban J connectivity index is 2.80. The Hall–Kier alpha value is -0.660. The fourth-order valence-electron chi connectivity index (χ4n) is 1.73. The number of likely N-dealkylation sites (N-methyl/N-ethyl adjacent to an activating group) is 1. The lowest BCUT2D eigenvalue weighted by Gasteiger charge is -2.19. The number of hydrazine groups is 1. The Kier molecular flexibility index (Phi) is 6.59. The normalized spacial score (nSPS) is 13.2. The van der Waals surface area contributed by atoms with Crippen LogP contribution < -0.4 is 11.3 Å². The maximum atomic E-state index is 6.18. The summed E-state index contributed by atoms with van der Waals surface area (Å²) in [6, 6.07) is -0.0536. The first-order valence-corrected chi connectivity index (χ1v) is 6.29. The summed E-state index contributed by atoms with van der Waals surface area (Å²) in [5.74, 6) is 5.58. The lowest BCUT2D eigenvalue weighted by molar-refractivity contribution is 0.181. The van der Waals surface area contributed by atoms with Crippen LogP contribution in [0.15, 0.2) is 6.20 Å². The van der Waals surface area contributed by atoms with Gasteiger partial charge in [-0.05, 0) is 20.5 Å². The number of hydrogen-bond donors (Lipinski definition) is 2. The smallest absolute Gasteiger partial charge is 0.0834 e. The van der Waals surface area contributed by atoms with Crippen molar-refractivity contribution in [1.29, 1.82) is 0 Å². The quantitative estimate of drug-likeness (QED) is 0.538. The first kappa shape index (κ1) is 15.4. The fraction of sp³-hybridized carbons (Fsp3) is 0.727. The molecule has 0 aromatic carbocycles. The molecule has 18 heavy (non-hydrogen) atoms. The van der Waals surface area contributed by atoms with Crippen molar-refractivity contribution in [2.75, 3.05) is 34.4 Å². The molecular weight excluding hydrogens is 254 g/mol. The van der Waals surface area contributed by atoms with Crippen molar-refractivity contribution in [1.82, 2.24) is 20.1 Å². The maximum absolute atomic E-state index is 6.18. The van der Waals surface area contributed by atoms with Gasteiger partial charge in [-0.3, -0.25) is 16.0 Å². The van der Waals surface area contributed by atoms with Crippen LogP contribution in [-0.2, 0) is 11.3 Å². The van der Waals surface area contributed by atoms with Crippen LogP contribution >= 0.6 is 11.6 Å². The van der Waals surface area contributed by atoms with Crippen molar-refractivity contribution in [2.24, 2.45) is 5.84 Å². The summed E-state index contributed by atoms with van der Waals surface area (Å²) in [6.07, 6.45) is 2.41. The minimum Gasteiger partial charge on any atom is -0.385 e. The molecule has 0 bridgehead atoms. The number of hydrogen-bond acceptors (Lipinski definition) is 5. The summed E-state index contributed by atoms with van der Waals surface area (Å²) in [4.78, 5) is 2.10. The third-order valence-electron chi connectivity index (χ3n) is 2.73. The molecule has 0 aliphatic heterocycles. The molecular formula is C11H22ClN5O. The third kappa shape index (κ3) is 4.22. The van der Waals surface area contributed by atoms with E-state index in [0.29, 0.717) is 11.6 Å². The average molecular weight is 276 g/mol. The number of ether oxygens (including phenoxy) is 1. The first-order chi connectivity index (χ1) is 8.60. The molecule has 0 amide bonds. The van der Waals surface area contributed by atoms with E-state index in [-0.39, 0.29) is 6.04 Å². The highest BCUT2D eigenvalue weighted by Gasteiger charge is 2.19. The van der Waals surface area contributed by atoms with Gasteiger partial charge in [0.1, 0.15) is 0 Å². The number of halogens is 1. The average Bonchev–Trinajstić information content (AvgIpc) is 2.70. The molecule has 3 N–H and O–H groups in total. The largest absolute Gasteiger partial charge is 0.385 e. The van der Waals surface area contributed by atoms with Gasteiger partial charge in [-0.25, -0.2) is 0 Å². The van der Waals surface area contributed by atoms with Gasteiger partial charge >= 0.3 is 0 Å². The molecule has 1 rings (SSSR count). The maximum Gasteiger partial charge on any atom is 0.0834 e. The zero-order chi connectivity index (χ0) is 13.5. The van der Waals surface area contributed by atoms with E-state index in [1.165, 1.54) is 0 Å². The number of nitrogens with one attached hydrogen (secondary N) is 1. The molecule has 1 unspecified atom stereocenters. The number of nitrogens with zero attached hydrogens (tertiary/aromatic N) is 3. The predicted octanol–water partition coefficient (Wildman–Crippen LogP) is 0.639. The Labute approximate surface area is 113 Å². The molecule has 1 heterocycles. The van der Waals surface area contributed by atoms with Crippen molar-refractivity contribution < 1.29 is 4.74 Å². The number of methoxy groups -OCH3 is 1. The van der Waals surface area contributed by atoms with E-state index >= 15 is 0 Å². The van der Waals surface area contributed by atoms with Crippen LogP contribution in [0.2, 0.25) is 5.02 Å². The summed E-state index contributed by atoms with van der Waals surface area (Å²) < 4.78 is 6.96. The summed E-state index contributed by atoms with van der Waals surface area (Å²) in [6.45, 7) is 2.29. The second-order valence-electron chi connectivity index (χ2n) is 4.40. The highest BCUT2D eigenvalue weighted by atomic mass is 35.5. The van der Waals surface area contributed by atoms with Crippen LogP contribution in [0.25, 0.3) is 0 Å². The Bertz CT molecular complexity index is 355. The van der Waals surface area contributed by atoms with Gasteiger partial charge in [-0.1, -0.05) is 11.6 Å². The van der Waals surface area contributed by atoms with Gasteiger partial charge < -0.3 is 9.64 Å². The Morgan fingerprint density at radius 2 is 2.33 bits per heavy atom. The minimum absolute atomic E-state index is 0.0536. The molecule has 104 valence electrons. The van der Waals surface area contributed by atoms with Crippen LogP contribution in [0, 0.1) is 0 Å². The number of aromatic nitrogens is 2. The van der Waals surface area contributed by atoms with E-state index in [1.54, 1.807) is 13.3 Å². The van der Waals surface area contributed by atoms with Crippen LogP contribution in [0.4, 0.5) is 0 Å². The monoisotopic (exact) mass is 275 g/mol. The molecule has 0 aliphatic rings. The molecule has 0 spiro atoms. The number of nitrogens with two attached hydrogens (primary N) is 1. The SMILES string of the molecule is COCCC(NN)c1c(Cl)cnn1CCN(C)C. The van der Waals surface area contributed by atoms with E-state index in [4.69, 9.17) is 22.2 Å². The molecule has 6 nitrogen and oxygen atoms in total. The van der Waals surface area contributed by atoms with Crippen LogP contribution in [0.5, 0.6) is 0 Å². The van der Waals surface area contributed by atoms with Crippen molar-refractivity contribution in [3.8, 4) is 0 Å². The summed E-state index contributed by atoms with van der Waals surface area (Å²) in [5, 5.41) is 4.92. The molecule has 0 aliphatic carbocycles. The van der Waals surface area contributed by atoms with E-state index in [2.05, 4.69) is 15.4 Å². The van der Waals surface area contributed by atoms with Crippen molar-refractivity contribution in [3.63, 3.8) is 0 Å². The number of rotatable bonds is 8. The van der Waals surface area contributed by atoms with Crippen molar-refractivity contribution in [3.05, 3.63) is 16.9 Å². The Morgan fingerprint density at radius 1 is 1.61 bits per heavy atom.